The van der Waals surface area contributed by atoms with Gasteiger partial charge in [-0.1, -0.05) is 50.2 Å². The molecule has 0 N–H and O–H groups in total. The molecule has 2 aliphatic heterocycles. The number of para-hydroxylation sites is 2. The number of carbonyl (C=O) groups is 1. The Labute approximate surface area is 212 Å². The standard InChI is InChI=1S/C27H23N3O5S/c1-3-17-9-5-7-11-20(17)28-27-29(21-12-8-6-10-18(21)4-2)26(31)25(36-27)14-19-13-23-24(35-16-34-23)15-22(19)30(32)33/h5-15H,3-4,16H2,1-2H3/b25-14-,28-27?. The van der Waals surface area contributed by atoms with Crippen molar-refractivity contribution >= 4 is 46.0 Å². The van der Waals surface area contributed by atoms with Gasteiger partial charge in [0.2, 0.25) is 6.79 Å². The Hall–Kier alpha value is -4.11. The van der Waals surface area contributed by atoms with Crippen LogP contribution in [0.4, 0.5) is 17.1 Å². The van der Waals surface area contributed by atoms with Crippen LogP contribution < -0.4 is 14.4 Å². The molecule has 2 heterocycles. The minimum Gasteiger partial charge on any atom is -0.454 e. The van der Waals surface area contributed by atoms with Crippen molar-refractivity contribution in [3.8, 4) is 11.5 Å². The Bertz CT molecular complexity index is 1430. The molecular weight excluding hydrogens is 478 g/mol. The Morgan fingerprint density at radius 2 is 1.69 bits per heavy atom. The number of ether oxygens (including phenoxy) is 2. The Morgan fingerprint density at radius 3 is 2.42 bits per heavy atom. The van der Waals surface area contributed by atoms with E-state index in [-0.39, 0.29) is 24.0 Å². The summed E-state index contributed by atoms with van der Waals surface area (Å²) in [7, 11) is 0. The Morgan fingerprint density at radius 1 is 1.03 bits per heavy atom. The fourth-order valence-electron chi connectivity index (χ4n) is 4.17. The summed E-state index contributed by atoms with van der Waals surface area (Å²) in [6.45, 7) is 4.08. The summed E-state index contributed by atoms with van der Waals surface area (Å²) in [5, 5.41) is 12.3. The van der Waals surface area contributed by atoms with Crippen molar-refractivity contribution < 1.29 is 19.2 Å². The van der Waals surface area contributed by atoms with Crippen molar-refractivity contribution in [2.24, 2.45) is 4.99 Å². The van der Waals surface area contributed by atoms with E-state index >= 15 is 0 Å². The molecule has 9 heteroatoms. The second-order valence-electron chi connectivity index (χ2n) is 8.13. The molecule has 8 nitrogen and oxygen atoms in total. The van der Waals surface area contributed by atoms with Crippen LogP contribution in [0.5, 0.6) is 11.5 Å². The highest BCUT2D eigenvalue weighted by molar-refractivity contribution is 8.19. The number of rotatable bonds is 6. The summed E-state index contributed by atoms with van der Waals surface area (Å²) in [5.41, 5.74) is 3.68. The molecule has 0 radical (unpaired) electrons. The predicted molar refractivity (Wildman–Crippen MR) is 141 cm³/mol. The topological polar surface area (TPSA) is 94.3 Å². The zero-order chi connectivity index (χ0) is 25.2. The van der Waals surface area contributed by atoms with Crippen molar-refractivity contribution in [1.29, 1.82) is 0 Å². The van der Waals surface area contributed by atoms with Crippen molar-refractivity contribution in [3.63, 3.8) is 0 Å². The van der Waals surface area contributed by atoms with E-state index in [2.05, 4.69) is 6.92 Å². The van der Waals surface area contributed by atoms with Crippen molar-refractivity contribution in [3.05, 3.63) is 92.4 Å². The van der Waals surface area contributed by atoms with Gasteiger partial charge in [-0.3, -0.25) is 19.8 Å². The maximum absolute atomic E-state index is 13.8. The van der Waals surface area contributed by atoms with E-state index in [1.165, 1.54) is 30.0 Å². The second kappa shape index (κ2) is 9.87. The second-order valence-corrected chi connectivity index (χ2v) is 9.14. The number of amides is 1. The van der Waals surface area contributed by atoms with Gasteiger partial charge in [-0.25, -0.2) is 4.99 Å². The van der Waals surface area contributed by atoms with Gasteiger partial charge in [0.05, 0.1) is 32.8 Å². The highest BCUT2D eigenvalue weighted by Gasteiger charge is 2.36. The van der Waals surface area contributed by atoms with E-state index in [9.17, 15) is 14.9 Å². The predicted octanol–water partition coefficient (Wildman–Crippen LogP) is 6.26. The van der Waals surface area contributed by atoms with Gasteiger partial charge in [0.25, 0.3) is 11.6 Å². The first-order valence-electron chi connectivity index (χ1n) is 11.6. The minimum absolute atomic E-state index is 0.00455. The zero-order valence-electron chi connectivity index (χ0n) is 19.8. The molecule has 5 rings (SSSR count). The maximum Gasteiger partial charge on any atom is 0.280 e. The van der Waals surface area contributed by atoms with E-state index in [1.54, 1.807) is 4.90 Å². The fraction of sp³-hybridized carbons (Fsp3) is 0.185. The summed E-state index contributed by atoms with van der Waals surface area (Å²) < 4.78 is 10.7. The van der Waals surface area contributed by atoms with Gasteiger partial charge in [0.1, 0.15) is 0 Å². The van der Waals surface area contributed by atoms with Crippen LogP contribution >= 0.6 is 11.8 Å². The fourth-order valence-corrected chi connectivity index (χ4v) is 5.15. The van der Waals surface area contributed by atoms with E-state index in [0.29, 0.717) is 21.6 Å². The number of nitro benzene ring substituents is 1. The normalized spacial score (nSPS) is 16.8. The van der Waals surface area contributed by atoms with Gasteiger partial charge in [-0.2, -0.15) is 0 Å². The Kier molecular flexibility index (Phi) is 6.47. The quantitative estimate of drug-likeness (QED) is 0.225. The third kappa shape index (κ3) is 4.33. The third-order valence-electron chi connectivity index (χ3n) is 6.01. The molecule has 0 atom stereocenters. The zero-order valence-corrected chi connectivity index (χ0v) is 20.6. The lowest BCUT2D eigenvalue weighted by molar-refractivity contribution is -0.385. The smallest absolute Gasteiger partial charge is 0.280 e. The van der Waals surface area contributed by atoms with Crippen LogP contribution in [-0.4, -0.2) is 22.8 Å². The molecule has 3 aromatic carbocycles. The number of hydrogen-bond acceptors (Lipinski definition) is 7. The van der Waals surface area contributed by atoms with Gasteiger partial charge in [-0.15, -0.1) is 0 Å². The number of hydrogen-bond donors (Lipinski definition) is 0. The number of aryl methyl sites for hydroxylation is 2. The third-order valence-corrected chi connectivity index (χ3v) is 6.98. The van der Waals surface area contributed by atoms with Crippen molar-refractivity contribution in [2.45, 2.75) is 26.7 Å². The number of nitrogens with zero attached hydrogens (tertiary/aromatic N) is 3. The number of amidine groups is 1. The van der Waals surface area contributed by atoms with Gasteiger partial charge >= 0.3 is 0 Å². The molecule has 1 saturated heterocycles. The summed E-state index contributed by atoms with van der Waals surface area (Å²) in [6.07, 6.45) is 3.06. The van der Waals surface area contributed by atoms with E-state index in [0.717, 1.165) is 35.3 Å². The van der Waals surface area contributed by atoms with Crippen molar-refractivity contribution in [1.82, 2.24) is 0 Å². The number of anilines is 1. The molecule has 36 heavy (non-hydrogen) atoms. The lowest BCUT2D eigenvalue weighted by atomic mass is 10.1. The maximum atomic E-state index is 13.8. The van der Waals surface area contributed by atoms with E-state index in [4.69, 9.17) is 14.5 Å². The summed E-state index contributed by atoms with van der Waals surface area (Å²) >= 11 is 1.20. The summed E-state index contributed by atoms with van der Waals surface area (Å²) in [6, 6.07) is 18.4. The number of nitro groups is 1. The molecule has 182 valence electrons. The van der Waals surface area contributed by atoms with Crippen LogP contribution in [0.1, 0.15) is 30.5 Å². The highest BCUT2D eigenvalue weighted by Crippen LogP contribution is 2.43. The SMILES string of the molecule is CCc1ccccc1N=C1S/C(=C\c2cc3c(cc2[N+](=O)[O-])OCO3)C(=O)N1c1ccccc1CC. The van der Waals surface area contributed by atoms with Crippen LogP contribution in [0.3, 0.4) is 0 Å². The van der Waals surface area contributed by atoms with Crippen LogP contribution in [0, 0.1) is 10.1 Å². The largest absolute Gasteiger partial charge is 0.454 e. The number of fused-ring (bicyclic) bond motifs is 1. The molecule has 0 saturated carbocycles. The summed E-state index contributed by atoms with van der Waals surface area (Å²) in [5.74, 6) is 0.425. The van der Waals surface area contributed by atoms with Gasteiger partial charge in [0, 0.05) is 0 Å². The first-order valence-corrected chi connectivity index (χ1v) is 12.4. The van der Waals surface area contributed by atoms with Crippen LogP contribution in [0.2, 0.25) is 0 Å². The van der Waals surface area contributed by atoms with Crippen molar-refractivity contribution in [2.75, 3.05) is 11.7 Å². The molecule has 2 aliphatic rings. The molecule has 1 amide bonds. The highest BCUT2D eigenvalue weighted by atomic mass is 32.2. The average molecular weight is 502 g/mol. The van der Waals surface area contributed by atoms with Crippen LogP contribution in [-0.2, 0) is 17.6 Å². The number of benzene rings is 3. The van der Waals surface area contributed by atoms with Crippen LogP contribution in [0.25, 0.3) is 6.08 Å². The molecular formula is C27H23N3O5S. The number of thioether (sulfide) groups is 1. The molecule has 3 aromatic rings. The van der Waals surface area contributed by atoms with Crippen LogP contribution in [0.15, 0.2) is 70.6 Å². The number of aliphatic imine (C=N–C) groups is 1. The summed E-state index contributed by atoms with van der Waals surface area (Å²) in [4.78, 5) is 31.9. The molecule has 0 aromatic heterocycles. The van der Waals surface area contributed by atoms with Gasteiger partial charge < -0.3 is 9.47 Å². The first kappa shape index (κ1) is 23.6. The van der Waals surface area contributed by atoms with Gasteiger partial charge in [-0.05, 0) is 60.0 Å². The molecule has 0 aliphatic carbocycles. The molecule has 0 bridgehead atoms. The average Bonchev–Trinajstić information content (AvgIpc) is 3.47. The number of carbonyl (C=O) groups excluding carboxylic acids is 1. The monoisotopic (exact) mass is 501 g/mol. The van der Waals surface area contributed by atoms with Gasteiger partial charge in [0.15, 0.2) is 16.7 Å². The lowest BCUT2D eigenvalue weighted by Crippen LogP contribution is -2.29. The lowest BCUT2D eigenvalue weighted by Gasteiger charge is -2.19. The molecule has 0 spiro atoms. The van der Waals surface area contributed by atoms with E-state index in [1.807, 2.05) is 55.5 Å². The molecule has 0 unspecified atom stereocenters. The Balaban J connectivity index is 1.65. The first-order chi connectivity index (χ1) is 17.5. The molecule has 1 fully saturated rings. The van der Waals surface area contributed by atoms with E-state index < -0.39 is 4.92 Å². The minimum atomic E-state index is -0.491.